The SMILES string of the molecule is C[C@@](O)(C/C=C/[C@H]1CCC(=O)C1CCSc1nc(C(=O)O)cs1)CCC(F)=C(F)F. The van der Waals surface area contributed by atoms with E-state index < -0.39 is 29.9 Å². The van der Waals surface area contributed by atoms with Crippen LogP contribution in [0.15, 0.2) is 33.8 Å². The molecule has 0 saturated heterocycles. The Kier molecular flexibility index (Phi) is 9.11. The van der Waals surface area contributed by atoms with Gasteiger partial charge in [0, 0.05) is 29.9 Å². The summed E-state index contributed by atoms with van der Waals surface area (Å²) in [7, 11) is 0. The molecule has 0 radical (unpaired) electrons. The highest BCUT2D eigenvalue weighted by Gasteiger charge is 2.32. The molecule has 0 aromatic carbocycles. The molecule has 5 nitrogen and oxygen atoms in total. The van der Waals surface area contributed by atoms with Crippen LogP contribution in [0.1, 0.15) is 55.9 Å². The van der Waals surface area contributed by atoms with Gasteiger partial charge in [-0.25, -0.2) is 14.2 Å². The van der Waals surface area contributed by atoms with Gasteiger partial charge in [0.05, 0.1) is 5.60 Å². The fourth-order valence-electron chi connectivity index (χ4n) is 3.31. The van der Waals surface area contributed by atoms with Crippen LogP contribution in [-0.2, 0) is 4.79 Å². The molecule has 2 N–H and O–H groups in total. The van der Waals surface area contributed by atoms with E-state index in [0.29, 0.717) is 29.4 Å². The van der Waals surface area contributed by atoms with Gasteiger partial charge in [-0.1, -0.05) is 23.9 Å². The van der Waals surface area contributed by atoms with E-state index in [0.717, 1.165) is 0 Å². The molecule has 3 atom stereocenters. The van der Waals surface area contributed by atoms with Gasteiger partial charge < -0.3 is 10.2 Å². The van der Waals surface area contributed by atoms with E-state index in [1.165, 1.54) is 35.4 Å². The third-order valence-corrected chi connectivity index (χ3v) is 7.09. The number of halogens is 3. The lowest BCUT2D eigenvalue weighted by Crippen LogP contribution is -2.23. The molecule has 30 heavy (non-hydrogen) atoms. The molecular weight excluding hydrogens is 439 g/mol. The zero-order chi connectivity index (χ0) is 22.3. The van der Waals surface area contributed by atoms with Crippen LogP contribution in [0.3, 0.4) is 0 Å². The van der Waals surface area contributed by atoms with Crippen LogP contribution in [-0.4, -0.2) is 38.3 Å². The lowest BCUT2D eigenvalue weighted by Gasteiger charge is -2.21. The molecule has 2 rings (SSSR count). The molecular formula is C20H24F3NO4S2. The molecule has 1 aliphatic carbocycles. The molecule has 1 unspecified atom stereocenters. The summed E-state index contributed by atoms with van der Waals surface area (Å²) in [4.78, 5) is 27.1. The van der Waals surface area contributed by atoms with Gasteiger partial charge >= 0.3 is 12.0 Å². The minimum Gasteiger partial charge on any atom is -0.476 e. The third-order valence-electron chi connectivity index (χ3n) is 5.04. The number of aromatic nitrogens is 1. The van der Waals surface area contributed by atoms with Gasteiger partial charge in [0.15, 0.2) is 15.9 Å². The summed E-state index contributed by atoms with van der Waals surface area (Å²) in [5.74, 6) is -1.90. The van der Waals surface area contributed by atoms with Crippen molar-refractivity contribution in [2.45, 2.75) is 55.4 Å². The number of thiazole rings is 1. The Balaban J connectivity index is 1.83. The molecule has 0 amide bonds. The molecule has 1 aromatic rings. The highest BCUT2D eigenvalue weighted by molar-refractivity contribution is 8.01. The van der Waals surface area contributed by atoms with E-state index in [9.17, 15) is 27.9 Å². The second-order valence-electron chi connectivity index (χ2n) is 7.51. The zero-order valence-corrected chi connectivity index (χ0v) is 18.1. The number of aromatic carboxylic acids is 1. The minimum absolute atomic E-state index is 0.0110. The van der Waals surface area contributed by atoms with Crippen molar-refractivity contribution in [3.8, 4) is 0 Å². The summed E-state index contributed by atoms with van der Waals surface area (Å²) in [5, 5.41) is 20.6. The average molecular weight is 464 g/mol. The number of carbonyl (C=O) groups is 2. The van der Waals surface area contributed by atoms with Crippen molar-refractivity contribution in [3.05, 3.63) is 35.1 Å². The van der Waals surface area contributed by atoms with Crippen molar-refractivity contribution in [2.75, 3.05) is 5.75 Å². The Morgan fingerprint density at radius 2 is 2.17 bits per heavy atom. The van der Waals surface area contributed by atoms with Crippen molar-refractivity contribution < 1.29 is 33.0 Å². The molecule has 166 valence electrons. The number of aliphatic hydroxyl groups is 1. The van der Waals surface area contributed by atoms with Gasteiger partial charge in [-0.15, -0.1) is 11.3 Å². The van der Waals surface area contributed by atoms with Crippen molar-refractivity contribution in [1.82, 2.24) is 4.98 Å². The van der Waals surface area contributed by atoms with Gasteiger partial charge in [0.25, 0.3) is 0 Å². The maximum atomic E-state index is 12.9. The van der Waals surface area contributed by atoms with E-state index in [2.05, 4.69) is 4.98 Å². The number of hydrogen-bond acceptors (Lipinski definition) is 6. The van der Waals surface area contributed by atoms with E-state index in [4.69, 9.17) is 5.11 Å². The Bertz CT molecular complexity index is 819. The summed E-state index contributed by atoms with van der Waals surface area (Å²) < 4.78 is 37.8. The van der Waals surface area contributed by atoms with Gasteiger partial charge in [-0.05, 0) is 38.5 Å². The third kappa shape index (κ3) is 7.55. The van der Waals surface area contributed by atoms with Crippen LogP contribution < -0.4 is 0 Å². The standard InChI is InChI=1S/C20H24F3NO4S2/c1-20(28,9-6-14(21)17(22)23)8-2-3-12-4-5-16(25)13(12)7-10-29-19-24-15(11-30-19)18(26)27/h2-3,11-13,28H,4-10H2,1H3,(H,26,27)/b3-2+/t12-,13?,20+/m0/s1. The van der Waals surface area contributed by atoms with Crippen molar-refractivity contribution in [1.29, 1.82) is 0 Å². The summed E-state index contributed by atoms with van der Waals surface area (Å²) >= 11 is 2.67. The lowest BCUT2D eigenvalue weighted by molar-refractivity contribution is -0.121. The summed E-state index contributed by atoms with van der Waals surface area (Å²) in [6.07, 6.45) is 2.59. The van der Waals surface area contributed by atoms with E-state index >= 15 is 0 Å². The fraction of sp³-hybridized carbons (Fsp3) is 0.550. The molecule has 10 heteroatoms. The maximum Gasteiger partial charge on any atom is 0.355 e. The Labute approximate surface area is 181 Å². The van der Waals surface area contributed by atoms with Gasteiger partial charge in [-0.2, -0.15) is 8.78 Å². The quantitative estimate of drug-likeness (QED) is 0.334. The number of Topliss-reactive ketones (excluding diaryl/α,β-unsaturated/α-hetero) is 1. The molecule has 0 bridgehead atoms. The van der Waals surface area contributed by atoms with Crippen LogP contribution in [0.25, 0.3) is 0 Å². The Hall–Kier alpha value is -1.65. The monoisotopic (exact) mass is 463 g/mol. The number of carbonyl (C=O) groups excluding carboxylic acids is 1. The van der Waals surface area contributed by atoms with Crippen LogP contribution in [0.5, 0.6) is 0 Å². The number of ketones is 1. The predicted molar refractivity (Wildman–Crippen MR) is 110 cm³/mol. The van der Waals surface area contributed by atoms with Crippen LogP contribution in [0.4, 0.5) is 13.2 Å². The molecule has 1 saturated carbocycles. The molecule has 0 aliphatic heterocycles. The smallest absolute Gasteiger partial charge is 0.355 e. The number of carboxylic acids is 1. The first-order valence-corrected chi connectivity index (χ1v) is 11.4. The molecule has 1 aromatic heterocycles. The topological polar surface area (TPSA) is 87.5 Å². The lowest BCUT2D eigenvalue weighted by atomic mass is 9.90. The zero-order valence-electron chi connectivity index (χ0n) is 16.4. The summed E-state index contributed by atoms with van der Waals surface area (Å²) in [6.45, 7) is 1.47. The summed E-state index contributed by atoms with van der Waals surface area (Å²) in [6, 6.07) is 0. The normalized spacial score (nSPS) is 21.2. The van der Waals surface area contributed by atoms with Gasteiger partial charge in [0.1, 0.15) is 5.78 Å². The van der Waals surface area contributed by atoms with Gasteiger partial charge in [0.2, 0.25) is 0 Å². The van der Waals surface area contributed by atoms with Crippen molar-refractivity contribution in [3.63, 3.8) is 0 Å². The van der Waals surface area contributed by atoms with E-state index in [1.54, 1.807) is 6.08 Å². The van der Waals surface area contributed by atoms with Crippen molar-refractivity contribution >= 4 is 34.9 Å². The number of allylic oxidation sites excluding steroid dienone is 2. The second kappa shape index (κ2) is 11.1. The van der Waals surface area contributed by atoms with E-state index in [1.807, 2.05) is 6.08 Å². The molecule has 1 fully saturated rings. The highest BCUT2D eigenvalue weighted by Crippen LogP contribution is 2.35. The number of rotatable bonds is 11. The molecule has 1 aliphatic rings. The minimum atomic E-state index is -2.36. The Morgan fingerprint density at radius 1 is 1.43 bits per heavy atom. The first-order valence-electron chi connectivity index (χ1n) is 9.52. The van der Waals surface area contributed by atoms with Gasteiger partial charge in [-0.3, -0.25) is 4.79 Å². The summed E-state index contributed by atoms with van der Waals surface area (Å²) in [5.41, 5.74) is -1.30. The maximum absolute atomic E-state index is 12.9. The van der Waals surface area contributed by atoms with Crippen LogP contribution >= 0.6 is 23.1 Å². The highest BCUT2D eigenvalue weighted by atomic mass is 32.2. The molecule has 0 spiro atoms. The fourth-order valence-corrected chi connectivity index (χ4v) is 5.20. The van der Waals surface area contributed by atoms with Crippen LogP contribution in [0.2, 0.25) is 0 Å². The number of hydrogen-bond donors (Lipinski definition) is 2. The number of thioether (sulfide) groups is 1. The first-order chi connectivity index (χ1) is 14.1. The second-order valence-corrected chi connectivity index (χ2v) is 9.71. The number of carboxylic acid groups (broad SMARTS) is 1. The van der Waals surface area contributed by atoms with E-state index in [-0.39, 0.29) is 36.2 Å². The molecule has 1 heterocycles. The first kappa shape index (κ1) is 24.6. The predicted octanol–water partition coefficient (Wildman–Crippen LogP) is 5.47. The number of nitrogens with zero attached hydrogens (tertiary/aromatic N) is 1. The average Bonchev–Trinajstić information content (AvgIpc) is 3.28. The van der Waals surface area contributed by atoms with Crippen molar-refractivity contribution in [2.24, 2.45) is 11.8 Å². The van der Waals surface area contributed by atoms with Crippen LogP contribution in [0, 0.1) is 11.8 Å². The largest absolute Gasteiger partial charge is 0.476 e. The Morgan fingerprint density at radius 3 is 2.80 bits per heavy atom.